The molecule has 0 heterocycles. The molecule has 0 saturated heterocycles. The van der Waals surface area contributed by atoms with Crippen molar-refractivity contribution >= 4 is 5.69 Å². The van der Waals surface area contributed by atoms with Crippen LogP contribution in [0.15, 0.2) is 24.3 Å². The zero-order valence-electron chi connectivity index (χ0n) is 11.3. The number of methoxy groups -OCH3 is 2. The Morgan fingerprint density at radius 1 is 1.39 bits per heavy atom. The molecule has 0 radical (unpaired) electrons. The zero-order chi connectivity index (χ0) is 13.8. The Kier molecular flexibility index (Phi) is 5.07. The Hall–Kier alpha value is -1.17. The monoisotopic (exact) mass is 256 g/mol. The van der Waals surface area contributed by atoms with E-state index in [0.717, 1.165) is 5.69 Å². The van der Waals surface area contributed by atoms with Crippen molar-refractivity contribution in [3.63, 3.8) is 0 Å². The van der Waals surface area contributed by atoms with E-state index in [0.29, 0.717) is 6.54 Å². The summed E-state index contributed by atoms with van der Waals surface area (Å²) >= 11 is 0. The van der Waals surface area contributed by atoms with Crippen LogP contribution in [-0.2, 0) is 9.47 Å². The topological polar surface area (TPSA) is 47.7 Å². The van der Waals surface area contributed by atoms with Gasteiger partial charge in [0.1, 0.15) is 5.82 Å². The second-order valence-corrected chi connectivity index (χ2v) is 4.40. The third-order valence-corrected chi connectivity index (χ3v) is 3.31. The highest BCUT2D eigenvalue weighted by molar-refractivity contribution is 5.48. The molecule has 4 nitrogen and oxygen atoms in total. The molecule has 0 bridgehead atoms. The van der Waals surface area contributed by atoms with Gasteiger partial charge in [0.15, 0.2) is 6.29 Å². The predicted octanol–water partition coefficient (Wildman–Crippen LogP) is 1.60. The fraction of sp³-hybridized carbons (Fsp3) is 0.538. The highest BCUT2D eigenvalue weighted by Gasteiger charge is 2.38. The number of nitrogens with two attached hydrogens (primary N) is 1. The molecule has 1 atom stereocenters. The van der Waals surface area contributed by atoms with Crippen LogP contribution in [0.3, 0.4) is 0 Å². The van der Waals surface area contributed by atoms with Gasteiger partial charge in [-0.15, -0.1) is 0 Å². The van der Waals surface area contributed by atoms with Crippen LogP contribution in [0.4, 0.5) is 10.1 Å². The lowest BCUT2D eigenvalue weighted by molar-refractivity contribution is -0.140. The summed E-state index contributed by atoms with van der Waals surface area (Å²) < 4.78 is 23.8. The average Bonchev–Trinajstić information content (AvgIpc) is 2.38. The maximum Gasteiger partial charge on any atom is 0.180 e. The van der Waals surface area contributed by atoms with Crippen molar-refractivity contribution in [2.75, 3.05) is 32.7 Å². The van der Waals surface area contributed by atoms with Crippen molar-refractivity contribution < 1.29 is 13.9 Å². The van der Waals surface area contributed by atoms with E-state index in [1.807, 2.05) is 24.9 Å². The fourth-order valence-electron chi connectivity index (χ4n) is 1.97. The van der Waals surface area contributed by atoms with Gasteiger partial charge in [-0.3, -0.25) is 0 Å². The van der Waals surface area contributed by atoms with Crippen LogP contribution in [0.25, 0.3) is 0 Å². The number of benzene rings is 1. The summed E-state index contributed by atoms with van der Waals surface area (Å²) in [5.41, 5.74) is 5.98. The summed E-state index contributed by atoms with van der Waals surface area (Å²) in [4.78, 5) is 1.87. The number of ether oxygens (including phenoxy) is 2. The molecule has 0 amide bonds. The molecule has 0 saturated carbocycles. The van der Waals surface area contributed by atoms with Gasteiger partial charge in [-0.2, -0.15) is 0 Å². The number of hydrogen-bond acceptors (Lipinski definition) is 4. The van der Waals surface area contributed by atoms with Crippen LogP contribution in [0.5, 0.6) is 0 Å². The molecule has 102 valence electrons. The third kappa shape index (κ3) is 2.80. The molecular formula is C13H21FN2O2. The van der Waals surface area contributed by atoms with E-state index < -0.39 is 11.8 Å². The van der Waals surface area contributed by atoms with Crippen LogP contribution in [0.2, 0.25) is 0 Å². The normalized spacial score (nSPS) is 14.6. The first-order chi connectivity index (χ1) is 8.49. The smallest absolute Gasteiger partial charge is 0.180 e. The van der Waals surface area contributed by atoms with Crippen LogP contribution in [0, 0.1) is 5.82 Å². The first kappa shape index (κ1) is 14.9. The SMILES string of the molecule is COC(OC)C(C)(CN)N(C)c1cccc(F)c1. The van der Waals surface area contributed by atoms with Gasteiger partial charge < -0.3 is 20.1 Å². The summed E-state index contributed by atoms with van der Waals surface area (Å²) in [6, 6.07) is 6.34. The molecule has 1 aromatic rings. The van der Waals surface area contributed by atoms with Gasteiger partial charge in [0.2, 0.25) is 0 Å². The van der Waals surface area contributed by atoms with E-state index in [9.17, 15) is 4.39 Å². The third-order valence-electron chi connectivity index (χ3n) is 3.31. The highest BCUT2D eigenvalue weighted by atomic mass is 19.1. The molecule has 0 spiro atoms. The Morgan fingerprint density at radius 3 is 2.44 bits per heavy atom. The molecule has 18 heavy (non-hydrogen) atoms. The van der Waals surface area contributed by atoms with Gasteiger partial charge in [0, 0.05) is 33.5 Å². The molecule has 0 aliphatic carbocycles. The first-order valence-corrected chi connectivity index (χ1v) is 5.74. The van der Waals surface area contributed by atoms with Crippen molar-refractivity contribution in [1.29, 1.82) is 0 Å². The summed E-state index contributed by atoms with van der Waals surface area (Å²) in [5, 5.41) is 0. The van der Waals surface area contributed by atoms with E-state index in [-0.39, 0.29) is 5.82 Å². The lowest BCUT2D eigenvalue weighted by Gasteiger charge is -2.43. The van der Waals surface area contributed by atoms with E-state index in [1.54, 1.807) is 20.3 Å². The number of halogens is 1. The Morgan fingerprint density at radius 2 is 2.00 bits per heavy atom. The number of rotatable bonds is 6. The zero-order valence-corrected chi connectivity index (χ0v) is 11.3. The molecule has 2 N–H and O–H groups in total. The van der Waals surface area contributed by atoms with Crippen molar-refractivity contribution in [3.05, 3.63) is 30.1 Å². The molecule has 0 fully saturated rings. The molecule has 0 aliphatic heterocycles. The average molecular weight is 256 g/mol. The lowest BCUT2D eigenvalue weighted by Crippen LogP contribution is -2.59. The predicted molar refractivity (Wildman–Crippen MR) is 70.1 cm³/mol. The minimum Gasteiger partial charge on any atom is -0.363 e. The van der Waals surface area contributed by atoms with Crippen LogP contribution >= 0.6 is 0 Å². The largest absolute Gasteiger partial charge is 0.363 e. The van der Waals surface area contributed by atoms with Crippen molar-refractivity contribution in [1.82, 2.24) is 0 Å². The van der Waals surface area contributed by atoms with Gasteiger partial charge in [-0.25, -0.2) is 4.39 Å². The van der Waals surface area contributed by atoms with E-state index >= 15 is 0 Å². The molecular weight excluding hydrogens is 235 g/mol. The van der Waals surface area contributed by atoms with Crippen LogP contribution in [0.1, 0.15) is 6.92 Å². The molecule has 1 rings (SSSR count). The number of nitrogens with zero attached hydrogens (tertiary/aromatic N) is 1. The molecule has 5 heteroatoms. The Labute approximate surface area is 107 Å². The molecule has 1 aromatic carbocycles. The van der Waals surface area contributed by atoms with Crippen molar-refractivity contribution in [2.24, 2.45) is 5.73 Å². The quantitative estimate of drug-likeness (QED) is 0.785. The first-order valence-electron chi connectivity index (χ1n) is 5.74. The molecule has 1 unspecified atom stereocenters. The van der Waals surface area contributed by atoms with Crippen LogP contribution < -0.4 is 10.6 Å². The van der Waals surface area contributed by atoms with E-state index in [2.05, 4.69) is 0 Å². The summed E-state index contributed by atoms with van der Waals surface area (Å²) in [7, 11) is 4.95. The van der Waals surface area contributed by atoms with Crippen LogP contribution in [-0.4, -0.2) is 39.6 Å². The number of hydrogen-bond donors (Lipinski definition) is 1. The Bertz CT molecular complexity index is 385. The molecule has 0 aromatic heterocycles. The highest BCUT2D eigenvalue weighted by Crippen LogP contribution is 2.26. The number of likely N-dealkylation sites (N-methyl/N-ethyl adjacent to an activating group) is 1. The summed E-state index contributed by atoms with van der Waals surface area (Å²) in [6.45, 7) is 2.22. The number of anilines is 1. The minimum atomic E-state index is -0.586. The standard InChI is InChI=1S/C13H21FN2O2/c1-13(9-15,12(17-3)18-4)16(2)11-7-5-6-10(14)8-11/h5-8,12H,9,15H2,1-4H3. The summed E-state index contributed by atoms with van der Waals surface area (Å²) in [5.74, 6) is -0.287. The van der Waals surface area contributed by atoms with Gasteiger partial charge in [0.05, 0.1) is 5.54 Å². The van der Waals surface area contributed by atoms with E-state index in [1.165, 1.54) is 12.1 Å². The van der Waals surface area contributed by atoms with Crippen molar-refractivity contribution in [3.8, 4) is 0 Å². The summed E-state index contributed by atoms with van der Waals surface area (Å²) in [6.07, 6.45) is -0.504. The van der Waals surface area contributed by atoms with Gasteiger partial charge in [0.25, 0.3) is 0 Å². The lowest BCUT2D eigenvalue weighted by atomic mass is 9.98. The van der Waals surface area contributed by atoms with E-state index in [4.69, 9.17) is 15.2 Å². The maximum atomic E-state index is 13.3. The fourth-order valence-corrected chi connectivity index (χ4v) is 1.97. The maximum absolute atomic E-state index is 13.3. The molecule has 0 aliphatic rings. The van der Waals surface area contributed by atoms with Gasteiger partial charge >= 0.3 is 0 Å². The van der Waals surface area contributed by atoms with Gasteiger partial charge in [-0.05, 0) is 25.1 Å². The second kappa shape index (κ2) is 6.13. The van der Waals surface area contributed by atoms with Crippen molar-refractivity contribution in [2.45, 2.75) is 18.8 Å². The van der Waals surface area contributed by atoms with Gasteiger partial charge in [-0.1, -0.05) is 6.07 Å². The Balaban J connectivity index is 3.07. The minimum absolute atomic E-state index is 0.287. The second-order valence-electron chi connectivity index (χ2n) is 4.40.